The van der Waals surface area contributed by atoms with Crippen LogP contribution in [0.4, 0.5) is 0 Å². The van der Waals surface area contributed by atoms with E-state index in [0.717, 1.165) is 22.4 Å². The van der Waals surface area contributed by atoms with Gasteiger partial charge in [-0.05, 0) is 37.1 Å². The van der Waals surface area contributed by atoms with Crippen molar-refractivity contribution in [3.8, 4) is 17.2 Å². The second-order valence-electron chi connectivity index (χ2n) is 5.60. The summed E-state index contributed by atoms with van der Waals surface area (Å²) in [6.07, 6.45) is 0.648. The number of hydrogen-bond acceptors (Lipinski definition) is 5. The molecule has 25 heavy (non-hydrogen) atoms. The van der Waals surface area contributed by atoms with Gasteiger partial charge in [-0.25, -0.2) is 0 Å². The first-order valence-electron chi connectivity index (χ1n) is 7.98. The lowest BCUT2D eigenvalue weighted by molar-refractivity contribution is 0.0920. The smallest absolute Gasteiger partial charge is 0.308 e. The van der Waals surface area contributed by atoms with Gasteiger partial charge in [0, 0.05) is 12.1 Å². The van der Waals surface area contributed by atoms with E-state index in [9.17, 15) is 4.79 Å². The van der Waals surface area contributed by atoms with Crippen LogP contribution in [-0.2, 0) is 6.42 Å². The molecule has 0 spiro atoms. The molecule has 0 saturated heterocycles. The van der Waals surface area contributed by atoms with Crippen molar-refractivity contribution in [3.05, 3.63) is 65.5 Å². The predicted octanol–water partition coefficient (Wildman–Crippen LogP) is 3.03. The first kappa shape index (κ1) is 16.7. The summed E-state index contributed by atoms with van der Waals surface area (Å²) in [5.41, 5.74) is 2.94. The molecule has 128 valence electrons. The summed E-state index contributed by atoms with van der Waals surface area (Å²) in [5, 5.41) is 10.5. The number of rotatable bonds is 6. The van der Waals surface area contributed by atoms with Gasteiger partial charge in [0.1, 0.15) is 5.75 Å². The topological polar surface area (TPSA) is 77.2 Å². The molecule has 0 bridgehead atoms. The quantitative estimate of drug-likeness (QED) is 0.748. The minimum Gasteiger partial charge on any atom is -0.496 e. The molecule has 0 fully saturated rings. The van der Waals surface area contributed by atoms with Crippen LogP contribution in [0.5, 0.6) is 5.75 Å². The molecule has 0 radical (unpaired) electrons. The van der Waals surface area contributed by atoms with Crippen molar-refractivity contribution >= 4 is 5.91 Å². The van der Waals surface area contributed by atoms with Gasteiger partial charge in [-0.3, -0.25) is 4.79 Å². The van der Waals surface area contributed by atoms with Crippen LogP contribution in [0, 0.1) is 6.92 Å². The van der Waals surface area contributed by atoms with E-state index in [-0.39, 0.29) is 11.8 Å². The maximum absolute atomic E-state index is 12.1. The number of nitrogens with zero attached hydrogens (tertiary/aromatic N) is 2. The number of amides is 1. The molecule has 0 atom stereocenters. The van der Waals surface area contributed by atoms with Crippen molar-refractivity contribution in [3.63, 3.8) is 0 Å². The van der Waals surface area contributed by atoms with Gasteiger partial charge in [-0.15, -0.1) is 10.2 Å². The molecule has 3 rings (SSSR count). The standard InChI is InChI=1S/C19H19N3O3/c1-13-7-9-15(10-8-13)18-21-22-19(25-18)17(23)20-12-11-14-5-3-4-6-16(14)24-2/h3-10H,11-12H2,1-2H3,(H,20,23). The summed E-state index contributed by atoms with van der Waals surface area (Å²) in [6.45, 7) is 2.44. The summed E-state index contributed by atoms with van der Waals surface area (Å²) >= 11 is 0. The van der Waals surface area contributed by atoms with Gasteiger partial charge in [0.15, 0.2) is 0 Å². The summed E-state index contributed by atoms with van der Waals surface area (Å²) in [4.78, 5) is 12.1. The maximum Gasteiger partial charge on any atom is 0.308 e. The largest absolute Gasteiger partial charge is 0.496 e. The Kier molecular flexibility index (Phi) is 5.09. The minimum absolute atomic E-state index is 0.0457. The fourth-order valence-electron chi connectivity index (χ4n) is 2.42. The highest BCUT2D eigenvalue weighted by Gasteiger charge is 2.15. The number of methoxy groups -OCH3 is 1. The molecule has 0 aliphatic heterocycles. The lowest BCUT2D eigenvalue weighted by Gasteiger charge is -2.08. The molecule has 1 heterocycles. The normalized spacial score (nSPS) is 10.5. The zero-order valence-electron chi connectivity index (χ0n) is 14.2. The van der Waals surface area contributed by atoms with Crippen LogP contribution >= 0.6 is 0 Å². The van der Waals surface area contributed by atoms with Crippen LogP contribution < -0.4 is 10.1 Å². The number of aromatic nitrogens is 2. The third-order valence-corrected chi connectivity index (χ3v) is 3.79. The van der Waals surface area contributed by atoms with Gasteiger partial charge in [0.25, 0.3) is 0 Å². The van der Waals surface area contributed by atoms with Crippen LogP contribution in [0.2, 0.25) is 0 Å². The first-order valence-corrected chi connectivity index (χ1v) is 7.98. The van der Waals surface area contributed by atoms with Gasteiger partial charge in [-0.1, -0.05) is 35.9 Å². The highest BCUT2D eigenvalue weighted by atomic mass is 16.5. The Labute approximate surface area is 145 Å². The average molecular weight is 337 g/mol. The Bertz CT molecular complexity index is 856. The van der Waals surface area contributed by atoms with E-state index in [4.69, 9.17) is 9.15 Å². The van der Waals surface area contributed by atoms with E-state index in [1.807, 2.05) is 55.5 Å². The van der Waals surface area contributed by atoms with Gasteiger partial charge < -0.3 is 14.5 Å². The first-order chi connectivity index (χ1) is 12.2. The number of para-hydroxylation sites is 1. The van der Waals surface area contributed by atoms with Crippen molar-refractivity contribution in [2.75, 3.05) is 13.7 Å². The molecule has 0 aliphatic rings. The zero-order valence-corrected chi connectivity index (χ0v) is 14.2. The number of carbonyl (C=O) groups excluding carboxylic acids is 1. The molecule has 6 nitrogen and oxygen atoms in total. The fraction of sp³-hybridized carbons (Fsp3) is 0.211. The van der Waals surface area contributed by atoms with Gasteiger partial charge in [0.05, 0.1) is 7.11 Å². The molecule has 1 amide bonds. The summed E-state index contributed by atoms with van der Waals surface area (Å²) in [6, 6.07) is 15.4. The highest BCUT2D eigenvalue weighted by molar-refractivity contribution is 5.89. The lowest BCUT2D eigenvalue weighted by atomic mass is 10.1. The molecular formula is C19H19N3O3. The van der Waals surface area contributed by atoms with Crippen molar-refractivity contribution in [2.45, 2.75) is 13.3 Å². The summed E-state index contributed by atoms with van der Waals surface area (Å²) in [7, 11) is 1.63. The number of benzene rings is 2. The minimum atomic E-state index is -0.388. The molecule has 1 N–H and O–H groups in total. The van der Waals surface area contributed by atoms with Crippen molar-refractivity contribution < 1.29 is 13.9 Å². The summed E-state index contributed by atoms with van der Waals surface area (Å²) < 4.78 is 10.8. The van der Waals surface area contributed by atoms with E-state index in [0.29, 0.717) is 18.9 Å². The Morgan fingerprint density at radius 3 is 2.64 bits per heavy atom. The Morgan fingerprint density at radius 2 is 1.88 bits per heavy atom. The highest BCUT2D eigenvalue weighted by Crippen LogP contribution is 2.19. The third-order valence-electron chi connectivity index (χ3n) is 3.79. The van der Waals surface area contributed by atoms with Gasteiger partial charge in [0.2, 0.25) is 5.89 Å². The van der Waals surface area contributed by atoms with E-state index < -0.39 is 0 Å². The van der Waals surface area contributed by atoms with Gasteiger partial charge >= 0.3 is 11.8 Å². The second-order valence-corrected chi connectivity index (χ2v) is 5.60. The van der Waals surface area contributed by atoms with Crippen molar-refractivity contribution in [2.24, 2.45) is 0 Å². The average Bonchev–Trinajstić information content (AvgIpc) is 3.13. The Morgan fingerprint density at radius 1 is 1.12 bits per heavy atom. The molecule has 1 aromatic heterocycles. The monoisotopic (exact) mass is 337 g/mol. The number of ether oxygens (including phenoxy) is 1. The van der Waals surface area contributed by atoms with E-state index in [1.165, 1.54) is 0 Å². The molecular weight excluding hydrogens is 318 g/mol. The molecule has 2 aromatic carbocycles. The Balaban J connectivity index is 1.59. The van der Waals surface area contributed by atoms with Gasteiger partial charge in [-0.2, -0.15) is 0 Å². The molecule has 0 aliphatic carbocycles. The molecule has 0 saturated carbocycles. The molecule has 0 unspecified atom stereocenters. The second kappa shape index (κ2) is 7.61. The van der Waals surface area contributed by atoms with Crippen LogP contribution in [0.25, 0.3) is 11.5 Å². The van der Waals surface area contributed by atoms with E-state index in [2.05, 4.69) is 15.5 Å². The molecule has 3 aromatic rings. The summed E-state index contributed by atoms with van der Waals surface area (Å²) in [5.74, 6) is 0.697. The van der Waals surface area contributed by atoms with Crippen LogP contribution in [-0.4, -0.2) is 29.8 Å². The predicted molar refractivity (Wildman–Crippen MR) is 93.5 cm³/mol. The maximum atomic E-state index is 12.1. The number of aryl methyl sites for hydroxylation is 1. The zero-order chi connectivity index (χ0) is 17.6. The van der Waals surface area contributed by atoms with Crippen LogP contribution in [0.3, 0.4) is 0 Å². The number of hydrogen-bond donors (Lipinski definition) is 1. The number of carbonyl (C=O) groups is 1. The van der Waals surface area contributed by atoms with Crippen molar-refractivity contribution in [1.29, 1.82) is 0 Å². The Hall–Kier alpha value is -3.15. The van der Waals surface area contributed by atoms with Crippen molar-refractivity contribution in [1.82, 2.24) is 15.5 Å². The number of nitrogens with one attached hydrogen (secondary N) is 1. The fourth-order valence-corrected chi connectivity index (χ4v) is 2.42. The lowest BCUT2D eigenvalue weighted by Crippen LogP contribution is -2.26. The van der Waals surface area contributed by atoms with E-state index in [1.54, 1.807) is 7.11 Å². The van der Waals surface area contributed by atoms with Crippen LogP contribution in [0.15, 0.2) is 52.9 Å². The SMILES string of the molecule is COc1ccccc1CCNC(=O)c1nnc(-c2ccc(C)cc2)o1. The third kappa shape index (κ3) is 4.03. The van der Waals surface area contributed by atoms with E-state index >= 15 is 0 Å². The van der Waals surface area contributed by atoms with Crippen LogP contribution in [0.1, 0.15) is 21.8 Å². The molecule has 6 heteroatoms.